The van der Waals surface area contributed by atoms with Crippen molar-refractivity contribution in [2.75, 3.05) is 5.75 Å². The summed E-state index contributed by atoms with van der Waals surface area (Å²) in [7, 11) is 0. The smallest absolute Gasteiger partial charge is 0.326 e. The van der Waals surface area contributed by atoms with Crippen LogP contribution in [0.3, 0.4) is 0 Å². The molecule has 0 saturated heterocycles. The normalized spacial score (nSPS) is 12.9. The second-order valence-electron chi connectivity index (χ2n) is 6.71. The van der Waals surface area contributed by atoms with Crippen molar-refractivity contribution < 1.29 is 14.7 Å². The summed E-state index contributed by atoms with van der Waals surface area (Å²) in [6, 6.07) is 16.2. The Morgan fingerprint density at radius 1 is 1.03 bits per heavy atom. The fraction of sp³-hybridized carbons (Fsp3) is 0.227. The predicted molar refractivity (Wildman–Crippen MR) is 118 cm³/mol. The largest absolute Gasteiger partial charge is 0.480 e. The molecule has 1 aromatic heterocycles. The third-order valence-corrected chi connectivity index (χ3v) is 5.87. The molecule has 0 fully saturated rings. The van der Waals surface area contributed by atoms with E-state index in [1.54, 1.807) is 17.5 Å². The fourth-order valence-electron chi connectivity index (χ4n) is 3.01. The Hall–Kier alpha value is -2.64. The lowest BCUT2D eigenvalue weighted by Gasteiger charge is -2.19. The summed E-state index contributed by atoms with van der Waals surface area (Å²) < 4.78 is 0. The third-order valence-electron chi connectivity index (χ3n) is 4.60. The molecule has 3 aromatic rings. The monoisotopic (exact) mass is 426 g/mol. The van der Waals surface area contributed by atoms with Gasteiger partial charge in [-0.2, -0.15) is 12.6 Å². The van der Waals surface area contributed by atoms with Gasteiger partial charge in [0.25, 0.3) is 0 Å². The average Bonchev–Trinajstić information content (AvgIpc) is 3.27. The second-order valence-corrected chi connectivity index (χ2v) is 7.97. The van der Waals surface area contributed by atoms with Crippen LogP contribution < -0.4 is 5.32 Å². The van der Waals surface area contributed by atoms with E-state index in [1.807, 2.05) is 60.0 Å². The van der Waals surface area contributed by atoms with Crippen LogP contribution in [0.25, 0.3) is 10.6 Å². The van der Waals surface area contributed by atoms with Crippen molar-refractivity contribution in [1.29, 1.82) is 0 Å². The molecule has 2 aromatic carbocycles. The molecule has 0 bridgehead atoms. The van der Waals surface area contributed by atoms with Crippen LogP contribution in [-0.2, 0) is 22.4 Å². The van der Waals surface area contributed by atoms with E-state index in [2.05, 4.69) is 22.9 Å². The highest BCUT2D eigenvalue weighted by molar-refractivity contribution is 7.80. The van der Waals surface area contributed by atoms with Gasteiger partial charge in [0.05, 0.1) is 5.92 Å². The van der Waals surface area contributed by atoms with E-state index in [-0.39, 0.29) is 12.3 Å². The van der Waals surface area contributed by atoms with Gasteiger partial charge in [0.1, 0.15) is 11.0 Å². The number of carbonyl (C=O) groups excluding carboxylic acids is 1. The van der Waals surface area contributed by atoms with Crippen molar-refractivity contribution in [3.63, 3.8) is 0 Å². The number of nitrogens with zero attached hydrogens (tertiary/aromatic N) is 1. The van der Waals surface area contributed by atoms with Crippen molar-refractivity contribution in [3.05, 3.63) is 77.3 Å². The quantitative estimate of drug-likeness (QED) is 0.456. The van der Waals surface area contributed by atoms with Gasteiger partial charge in [-0.15, -0.1) is 11.3 Å². The van der Waals surface area contributed by atoms with Gasteiger partial charge < -0.3 is 10.4 Å². The van der Waals surface area contributed by atoms with Crippen LogP contribution >= 0.6 is 24.0 Å². The number of amides is 1. The van der Waals surface area contributed by atoms with Gasteiger partial charge in [-0.1, -0.05) is 54.6 Å². The molecule has 5 nitrogen and oxygen atoms in total. The number of rotatable bonds is 9. The molecule has 0 spiro atoms. The van der Waals surface area contributed by atoms with E-state index >= 15 is 0 Å². The highest BCUT2D eigenvalue weighted by atomic mass is 32.1. The maximum absolute atomic E-state index is 12.7. The molecule has 2 atom stereocenters. The zero-order chi connectivity index (χ0) is 20.6. The minimum atomic E-state index is -1.06. The van der Waals surface area contributed by atoms with E-state index in [4.69, 9.17) is 0 Å². The van der Waals surface area contributed by atoms with Crippen molar-refractivity contribution in [3.8, 4) is 10.6 Å². The SMILES string of the molecule is O=C(N[C@@H](Cc1ccc(-c2nccs2)cc1)C(=O)O)[C@@H](CS)Cc1ccccc1. The number of nitrogens with one attached hydrogen (secondary N) is 1. The lowest BCUT2D eigenvalue weighted by Crippen LogP contribution is -2.45. The minimum absolute atomic E-state index is 0.212. The van der Waals surface area contributed by atoms with Gasteiger partial charge in [0.2, 0.25) is 5.91 Å². The van der Waals surface area contributed by atoms with Gasteiger partial charge in [0, 0.05) is 29.3 Å². The maximum Gasteiger partial charge on any atom is 0.326 e. The molecule has 0 aliphatic rings. The topological polar surface area (TPSA) is 79.3 Å². The van der Waals surface area contributed by atoms with Crippen molar-refractivity contribution in [2.24, 2.45) is 5.92 Å². The van der Waals surface area contributed by atoms with Gasteiger partial charge >= 0.3 is 5.97 Å². The fourth-order valence-corrected chi connectivity index (χ4v) is 3.95. The standard InChI is InChI=1S/C22H22N2O3S2/c25-20(18(14-28)12-15-4-2-1-3-5-15)24-19(22(26)27)13-16-6-8-17(9-7-16)21-23-10-11-29-21/h1-11,18-19,28H,12-14H2,(H,24,25)(H,26,27)/t18-,19+/m1/s1. The van der Waals surface area contributed by atoms with Crippen LogP contribution in [0, 0.1) is 5.92 Å². The number of hydrogen-bond acceptors (Lipinski definition) is 5. The molecular weight excluding hydrogens is 404 g/mol. The summed E-state index contributed by atoms with van der Waals surface area (Å²) >= 11 is 5.83. The highest BCUT2D eigenvalue weighted by Crippen LogP contribution is 2.22. The molecule has 1 heterocycles. The Bertz CT molecular complexity index is 928. The first-order valence-electron chi connectivity index (χ1n) is 9.23. The predicted octanol–water partition coefficient (Wildman–Crippen LogP) is 3.71. The summed E-state index contributed by atoms with van der Waals surface area (Å²) in [5, 5.41) is 15.1. The molecule has 0 saturated carbocycles. The van der Waals surface area contributed by atoms with Gasteiger partial charge in [-0.3, -0.25) is 4.79 Å². The van der Waals surface area contributed by atoms with Crippen LogP contribution in [-0.4, -0.2) is 33.8 Å². The average molecular weight is 427 g/mol. The number of thiazole rings is 1. The Morgan fingerprint density at radius 3 is 2.31 bits per heavy atom. The summed E-state index contributed by atoms with van der Waals surface area (Å²) in [6.07, 6.45) is 2.48. The first-order valence-corrected chi connectivity index (χ1v) is 10.7. The molecule has 0 aliphatic heterocycles. The van der Waals surface area contributed by atoms with Crippen LogP contribution in [0.1, 0.15) is 11.1 Å². The lowest BCUT2D eigenvalue weighted by molar-refractivity contribution is -0.142. The molecule has 0 aliphatic carbocycles. The van der Waals surface area contributed by atoms with E-state index < -0.39 is 17.9 Å². The zero-order valence-electron chi connectivity index (χ0n) is 15.7. The first-order chi connectivity index (χ1) is 14.1. The van der Waals surface area contributed by atoms with Gasteiger partial charge in [0.15, 0.2) is 0 Å². The van der Waals surface area contributed by atoms with Crippen molar-refractivity contribution >= 4 is 35.8 Å². The zero-order valence-corrected chi connectivity index (χ0v) is 17.4. The van der Waals surface area contributed by atoms with Crippen molar-refractivity contribution in [1.82, 2.24) is 10.3 Å². The van der Waals surface area contributed by atoms with E-state index in [9.17, 15) is 14.7 Å². The third kappa shape index (κ3) is 5.92. The summed E-state index contributed by atoms with van der Waals surface area (Å²) in [6.45, 7) is 0. The highest BCUT2D eigenvalue weighted by Gasteiger charge is 2.25. The first kappa shape index (κ1) is 21.1. The van der Waals surface area contributed by atoms with Gasteiger partial charge in [-0.25, -0.2) is 9.78 Å². The summed E-state index contributed by atoms with van der Waals surface area (Å²) in [5.74, 6) is -1.40. The number of thiol groups is 1. The summed E-state index contributed by atoms with van der Waals surface area (Å²) in [5.41, 5.74) is 2.84. The maximum atomic E-state index is 12.7. The number of hydrogen-bond donors (Lipinski definition) is 3. The summed E-state index contributed by atoms with van der Waals surface area (Å²) in [4.78, 5) is 28.7. The molecule has 0 radical (unpaired) electrons. The molecule has 1 amide bonds. The Kier molecular flexibility index (Phi) is 7.43. The number of aliphatic carboxylic acids is 1. The van der Waals surface area contributed by atoms with Crippen LogP contribution in [0.15, 0.2) is 66.2 Å². The number of carboxylic acid groups (broad SMARTS) is 1. The van der Waals surface area contributed by atoms with Crippen LogP contribution in [0.4, 0.5) is 0 Å². The molecule has 29 heavy (non-hydrogen) atoms. The molecular formula is C22H22N2O3S2. The molecule has 7 heteroatoms. The Morgan fingerprint density at radius 2 is 1.72 bits per heavy atom. The number of aromatic nitrogens is 1. The van der Waals surface area contributed by atoms with Gasteiger partial charge in [-0.05, 0) is 17.5 Å². The van der Waals surface area contributed by atoms with Crippen LogP contribution in [0.5, 0.6) is 0 Å². The van der Waals surface area contributed by atoms with E-state index in [0.29, 0.717) is 12.2 Å². The number of carbonyl (C=O) groups is 2. The lowest BCUT2D eigenvalue weighted by atomic mass is 9.98. The molecule has 0 unspecified atom stereocenters. The van der Waals surface area contributed by atoms with E-state index in [1.165, 1.54) is 0 Å². The second kappa shape index (κ2) is 10.2. The number of carboxylic acids is 1. The van der Waals surface area contributed by atoms with Crippen LogP contribution in [0.2, 0.25) is 0 Å². The number of benzene rings is 2. The molecule has 2 N–H and O–H groups in total. The Balaban J connectivity index is 1.64. The molecule has 3 rings (SSSR count). The molecule has 150 valence electrons. The minimum Gasteiger partial charge on any atom is -0.480 e. The van der Waals surface area contributed by atoms with Crippen molar-refractivity contribution in [2.45, 2.75) is 18.9 Å². The Labute approximate surface area is 179 Å². The van der Waals surface area contributed by atoms with E-state index in [0.717, 1.165) is 21.7 Å².